The van der Waals surface area contributed by atoms with Gasteiger partial charge in [-0.05, 0) is 30.7 Å². The highest BCUT2D eigenvalue weighted by molar-refractivity contribution is 7.10. The lowest BCUT2D eigenvalue weighted by molar-refractivity contribution is -0.141. The van der Waals surface area contributed by atoms with Crippen LogP contribution in [0.2, 0.25) is 0 Å². The fraction of sp³-hybridized carbons (Fsp3) is 0.533. The first kappa shape index (κ1) is 15.6. The molecule has 3 heterocycles. The monoisotopic (exact) mass is 329 g/mol. The smallest absolute Gasteiger partial charge is 0.334 e. The third-order valence-corrected chi connectivity index (χ3v) is 5.12. The summed E-state index contributed by atoms with van der Waals surface area (Å²) in [6.45, 7) is 3.51. The van der Waals surface area contributed by atoms with Crippen molar-refractivity contribution in [3.05, 3.63) is 40.1 Å². The number of nitrogens with zero attached hydrogens (tertiary/aromatic N) is 2. The van der Waals surface area contributed by atoms with Gasteiger partial charge >= 0.3 is 6.18 Å². The Kier molecular flexibility index (Phi) is 4.27. The van der Waals surface area contributed by atoms with E-state index in [0.717, 1.165) is 19.2 Å². The van der Waals surface area contributed by atoms with Gasteiger partial charge in [-0.2, -0.15) is 13.2 Å². The molecule has 0 saturated heterocycles. The van der Waals surface area contributed by atoms with E-state index < -0.39 is 11.9 Å². The third-order valence-electron chi connectivity index (χ3n) is 4.06. The van der Waals surface area contributed by atoms with Crippen molar-refractivity contribution in [2.45, 2.75) is 38.5 Å². The van der Waals surface area contributed by atoms with Gasteiger partial charge in [-0.3, -0.25) is 0 Å². The van der Waals surface area contributed by atoms with E-state index in [4.69, 9.17) is 0 Å². The molecule has 2 unspecified atom stereocenters. The molecule has 0 radical (unpaired) electrons. The lowest BCUT2D eigenvalue weighted by Crippen LogP contribution is -2.31. The highest BCUT2D eigenvalue weighted by atomic mass is 32.1. The van der Waals surface area contributed by atoms with Crippen LogP contribution in [0, 0.1) is 5.92 Å². The van der Waals surface area contributed by atoms with Crippen LogP contribution < -0.4 is 5.32 Å². The molecule has 3 rings (SSSR count). The minimum absolute atomic E-state index is 0.273. The number of alkyl halides is 3. The van der Waals surface area contributed by atoms with Gasteiger partial charge in [-0.15, -0.1) is 11.3 Å². The number of hydrogen-bond acceptors (Lipinski definition) is 3. The van der Waals surface area contributed by atoms with Crippen molar-refractivity contribution in [1.82, 2.24) is 14.9 Å². The standard InChI is InChI=1S/C15H18F3N3S/c1-10(12-3-2-6-22-12)19-7-11-4-5-14-20-13(15(16,17)18)9-21(14)8-11/h2-3,6,9-11,19H,4-5,7-8H2,1H3. The minimum Gasteiger partial charge on any atom is -0.334 e. The summed E-state index contributed by atoms with van der Waals surface area (Å²) in [4.78, 5) is 4.99. The highest BCUT2D eigenvalue weighted by Crippen LogP contribution is 2.30. The Morgan fingerprint density at radius 2 is 2.32 bits per heavy atom. The van der Waals surface area contributed by atoms with E-state index in [1.807, 2.05) is 11.4 Å². The minimum atomic E-state index is -4.36. The summed E-state index contributed by atoms with van der Waals surface area (Å²) in [6.07, 6.45) is -1.73. The summed E-state index contributed by atoms with van der Waals surface area (Å²) in [5, 5.41) is 5.52. The van der Waals surface area contributed by atoms with Gasteiger partial charge in [0.15, 0.2) is 5.69 Å². The zero-order valence-corrected chi connectivity index (χ0v) is 13.0. The zero-order chi connectivity index (χ0) is 15.7. The number of halogens is 3. The Balaban J connectivity index is 1.59. The van der Waals surface area contributed by atoms with Crippen LogP contribution in [0.15, 0.2) is 23.7 Å². The van der Waals surface area contributed by atoms with E-state index in [-0.39, 0.29) is 6.04 Å². The maximum absolute atomic E-state index is 12.7. The van der Waals surface area contributed by atoms with E-state index in [9.17, 15) is 13.2 Å². The van der Waals surface area contributed by atoms with Crippen LogP contribution >= 0.6 is 11.3 Å². The fourth-order valence-electron chi connectivity index (χ4n) is 2.80. The summed E-state index contributed by atoms with van der Waals surface area (Å²) in [7, 11) is 0. The first-order chi connectivity index (χ1) is 10.4. The molecule has 0 saturated carbocycles. The Labute approximate surface area is 131 Å². The molecule has 1 N–H and O–H groups in total. The first-order valence-electron chi connectivity index (χ1n) is 7.33. The summed E-state index contributed by atoms with van der Waals surface area (Å²) in [5.74, 6) is 0.889. The molecular weight excluding hydrogens is 311 g/mol. The largest absolute Gasteiger partial charge is 0.434 e. The Bertz CT molecular complexity index is 619. The molecule has 2 aromatic rings. The summed E-state index contributed by atoms with van der Waals surface area (Å²) in [6, 6.07) is 4.39. The summed E-state index contributed by atoms with van der Waals surface area (Å²) < 4.78 is 39.7. The zero-order valence-electron chi connectivity index (χ0n) is 12.2. The lowest BCUT2D eigenvalue weighted by Gasteiger charge is -2.25. The molecule has 0 fully saturated rings. The molecular formula is C15H18F3N3S. The van der Waals surface area contributed by atoms with Crippen LogP contribution in [0.4, 0.5) is 13.2 Å². The molecule has 22 heavy (non-hydrogen) atoms. The van der Waals surface area contributed by atoms with Crippen molar-refractivity contribution in [2.75, 3.05) is 6.54 Å². The summed E-state index contributed by atoms with van der Waals surface area (Å²) >= 11 is 1.71. The van der Waals surface area contributed by atoms with Crippen molar-refractivity contribution in [2.24, 2.45) is 5.92 Å². The quantitative estimate of drug-likeness (QED) is 0.923. The van der Waals surface area contributed by atoms with Gasteiger partial charge in [0.05, 0.1) is 0 Å². The Morgan fingerprint density at radius 3 is 3.00 bits per heavy atom. The molecule has 2 aromatic heterocycles. The van der Waals surface area contributed by atoms with Crippen LogP contribution in [0.25, 0.3) is 0 Å². The molecule has 3 nitrogen and oxygen atoms in total. The number of aryl methyl sites for hydroxylation is 1. The van der Waals surface area contributed by atoms with Crippen LogP contribution in [0.3, 0.4) is 0 Å². The van der Waals surface area contributed by atoms with Gasteiger partial charge in [0.1, 0.15) is 5.82 Å². The average molecular weight is 329 g/mol. The van der Waals surface area contributed by atoms with Crippen LogP contribution in [0.1, 0.15) is 35.8 Å². The van der Waals surface area contributed by atoms with Gasteiger partial charge in [0.25, 0.3) is 0 Å². The van der Waals surface area contributed by atoms with Gasteiger partial charge < -0.3 is 9.88 Å². The second kappa shape index (κ2) is 6.04. The third kappa shape index (κ3) is 3.35. The normalized spacial score (nSPS) is 19.9. The molecule has 0 spiro atoms. The molecule has 7 heteroatoms. The number of aromatic nitrogens is 2. The van der Waals surface area contributed by atoms with Crippen LogP contribution in [-0.2, 0) is 19.1 Å². The molecule has 0 amide bonds. The molecule has 120 valence electrons. The Morgan fingerprint density at radius 1 is 1.50 bits per heavy atom. The van der Waals surface area contributed by atoms with E-state index in [2.05, 4.69) is 23.3 Å². The maximum atomic E-state index is 12.7. The van der Waals surface area contributed by atoms with Crippen LogP contribution in [0.5, 0.6) is 0 Å². The number of nitrogens with one attached hydrogen (secondary N) is 1. The predicted octanol–water partition coefficient (Wildman–Crippen LogP) is 3.88. The number of imidazole rings is 1. The van der Waals surface area contributed by atoms with E-state index in [0.29, 0.717) is 24.7 Å². The maximum Gasteiger partial charge on any atom is 0.434 e. The van der Waals surface area contributed by atoms with Crippen LogP contribution in [-0.4, -0.2) is 16.1 Å². The van der Waals surface area contributed by atoms with Gasteiger partial charge in [0, 0.05) is 36.6 Å². The van der Waals surface area contributed by atoms with Crippen molar-refractivity contribution < 1.29 is 13.2 Å². The molecule has 1 aliphatic rings. The highest BCUT2D eigenvalue weighted by Gasteiger charge is 2.35. The van der Waals surface area contributed by atoms with Crippen molar-refractivity contribution in [1.29, 1.82) is 0 Å². The van der Waals surface area contributed by atoms with Crippen molar-refractivity contribution >= 4 is 11.3 Å². The van der Waals surface area contributed by atoms with E-state index in [1.165, 1.54) is 4.88 Å². The number of hydrogen-bond donors (Lipinski definition) is 1. The molecule has 0 bridgehead atoms. The number of rotatable bonds is 4. The number of thiophene rings is 1. The van der Waals surface area contributed by atoms with Crippen molar-refractivity contribution in [3.63, 3.8) is 0 Å². The summed E-state index contributed by atoms with van der Waals surface area (Å²) in [5.41, 5.74) is -0.775. The SMILES string of the molecule is CC(NCC1CCc2nc(C(F)(F)F)cn2C1)c1cccs1. The molecule has 0 aromatic carbocycles. The Hall–Kier alpha value is -1.34. The number of fused-ring (bicyclic) bond motifs is 1. The molecule has 2 atom stereocenters. The molecule has 0 aliphatic carbocycles. The average Bonchev–Trinajstić information content (AvgIpc) is 3.12. The van der Waals surface area contributed by atoms with Gasteiger partial charge in [0.2, 0.25) is 0 Å². The van der Waals surface area contributed by atoms with Gasteiger partial charge in [-0.25, -0.2) is 4.98 Å². The van der Waals surface area contributed by atoms with E-state index in [1.54, 1.807) is 15.9 Å². The van der Waals surface area contributed by atoms with Crippen molar-refractivity contribution in [3.8, 4) is 0 Å². The second-order valence-electron chi connectivity index (χ2n) is 5.74. The first-order valence-corrected chi connectivity index (χ1v) is 8.21. The second-order valence-corrected chi connectivity index (χ2v) is 6.72. The lowest BCUT2D eigenvalue weighted by atomic mass is 9.99. The van der Waals surface area contributed by atoms with Gasteiger partial charge in [-0.1, -0.05) is 6.07 Å². The fourth-order valence-corrected chi connectivity index (χ4v) is 3.56. The predicted molar refractivity (Wildman–Crippen MR) is 79.8 cm³/mol. The topological polar surface area (TPSA) is 29.9 Å². The van der Waals surface area contributed by atoms with E-state index >= 15 is 0 Å². The molecule has 1 aliphatic heterocycles.